The molecular weight excluding hydrogens is 444 g/mol. The third-order valence-corrected chi connectivity index (χ3v) is 7.18. The SMILES string of the molecule is Cc1ccc(S(=O)(=O)c2cnc(SCC(=O)Nc3ccc(Cl)cc3)nc2N)cc1C. The van der Waals surface area contributed by atoms with Gasteiger partial charge in [-0.05, 0) is 61.4 Å². The summed E-state index contributed by atoms with van der Waals surface area (Å²) in [6, 6.07) is 11.6. The van der Waals surface area contributed by atoms with Gasteiger partial charge in [0, 0.05) is 10.7 Å². The molecule has 1 heterocycles. The van der Waals surface area contributed by atoms with Crippen molar-refractivity contribution < 1.29 is 13.2 Å². The van der Waals surface area contributed by atoms with Gasteiger partial charge < -0.3 is 11.1 Å². The van der Waals surface area contributed by atoms with Crippen LogP contribution in [0.3, 0.4) is 0 Å². The number of nitrogens with two attached hydrogens (primary N) is 1. The first kappa shape index (κ1) is 22.1. The fourth-order valence-corrected chi connectivity index (χ4v) is 4.61. The molecule has 0 aliphatic carbocycles. The number of benzene rings is 2. The average molecular weight is 463 g/mol. The van der Waals surface area contributed by atoms with Gasteiger partial charge in [-0.15, -0.1) is 0 Å². The highest BCUT2D eigenvalue weighted by atomic mass is 35.5. The predicted octanol–water partition coefficient (Wildman–Crippen LogP) is 3.89. The number of nitrogens with one attached hydrogen (secondary N) is 1. The van der Waals surface area contributed by atoms with E-state index in [0.29, 0.717) is 10.7 Å². The van der Waals surface area contributed by atoms with E-state index in [1.807, 2.05) is 13.8 Å². The topological polar surface area (TPSA) is 115 Å². The molecule has 7 nitrogen and oxygen atoms in total. The number of hydrogen-bond donors (Lipinski definition) is 2. The van der Waals surface area contributed by atoms with Crippen LogP contribution in [0.5, 0.6) is 0 Å². The molecule has 0 saturated heterocycles. The van der Waals surface area contributed by atoms with Crippen LogP contribution in [-0.2, 0) is 14.6 Å². The highest BCUT2D eigenvalue weighted by molar-refractivity contribution is 7.99. The van der Waals surface area contributed by atoms with Crippen LogP contribution >= 0.6 is 23.4 Å². The lowest BCUT2D eigenvalue weighted by molar-refractivity contribution is -0.113. The monoisotopic (exact) mass is 462 g/mol. The van der Waals surface area contributed by atoms with E-state index in [9.17, 15) is 13.2 Å². The standard InChI is InChI=1S/C20H19ClN4O3S2/c1-12-3-8-16(9-13(12)2)30(27,28)17-10-23-20(25-19(17)22)29-11-18(26)24-15-6-4-14(21)5-7-15/h3-10H,11H2,1-2H3,(H,24,26)(H2,22,23,25). The lowest BCUT2D eigenvalue weighted by Gasteiger charge is -2.10. The van der Waals surface area contributed by atoms with Gasteiger partial charge in [-0.1, -0.05) is 29.4 Å². The first-order valence-corrected chi connectivity index (χ1v) is 11.6. The Hall–Kier alpha value is -2.62. The van der Waals surface area contributed by atoms with E-state index >= 15 is 0 Å². The van der Waals surface area contributed by atoms with E-state index in [4.69, 9.17) is 17.3 Å². The molecule has 3 N–H and O–H groups in total. The molecule has 1 amide bonds. The summed E-state index contributed by atoms with van der Waals surface area (Å²) in [6.07, 6.45) is 1.17. The molecule has 0 aliphatic rings. The van der Waals surface area contributed by atoms with E-state index < -0.39 is 9.84 Å². The van der Waals surface area contributed by atoms with Crippen LogP contribution in [0, 0.1) is 13.8 Å². The van der Waals surface area contributed by atoms with Crippen LogP contribution < -0.4 is 11.1 Å². The Labute approximate surface area is 184 Å². The summed E-state index contributed by atoms with van der Waals surface area (Å²) in [6.45, 7) is 3.74. The third kappa shape index (κ3) is 5.10. The van der Waals surface area contributed by atoms with Gasteiger partial charge in [0.05, 0.1) is 16.8 Å². The Bertz CT molecular complexity index is 1200. The Balaban J connectivity index is 1.71. The summed E-state index contributed by atoms with van der Waals surface area (Å²) in [5, 5.41) is 3.50. The van der Waals surface area contributed by atoms with Gasteiger partial charge in [0.2, 0.25) is 15.7 Å². The molecule has 0 fully saturated rings. The van der Waals surface area contributed by atoms with Crippen molar-refractivity contribution in [1.29, 1.82) is 0 Å². The summed E-state index contributed by atoms with van der Waals surface area (Å²) in [7, 11) is -3.85. The zero-order valence-corrected chi connectivity index (χ0v) is 18.6. The Morgan fingerprint density at radius 2 is 1.83 bits per heavy atom. The van der Waals surface area contributed by atoms with Gasteiger partial charge in [-0.25, -0.2) is 18.4 Å². The summed E-state index contributed by atoms with van der Waals surface area (Å²) >= 11 is 6.86. The molecule has 0 spiro atoms. The molecule has 0 bridgehead atoms. The summed E-state index contributed by atoms with van der Waals surface area (Å²) in [4.78, 5) is 20.1. The Kier molecular flexibility index (Phi) is 6.64. The molecule has 0 saturated carbocycles. The number of aryl methyl sites for hydroxylation is 2. The molecule has 1 aromatic heterocycles. The molecule has 0 unspecified atom stereocenters. The highest BCUT2D eigenvalue weighted by Crippen LogP contribution is 2.27. The molecule has 0 atom stereocenters. The quantitative estimate of drug-likeness (QED) is 0.421. The number of rotatable bonds is 6. The molecule has 156 valence electrons. The number of anilines is 2. The number of hydrogen-bond acceptors (Lipinski definition) is 7. The zero-order chi connectivity index (χ0) is 21.9. The second-order valence-electron chi connectivity index (χ2n) is 6.50. The maximum absolute atomic E-state index is 12.9. The van der Waals surface area contributed by atoms with E-state index in [1.54, 1.807) is 36.4 Å². The van der Waals surface area contributed by atoms with E-state index in [0.717, 1.165) is 22.9 Å². The summed E-state index contributed by atoms with van der Waals surface area (Å²) < 4.78 is 25.8. The molecule has 2 aromatic carbocycles. The van der Waals surface area contributed by atoms with Gasteiger partial charge in [-0.3, -0.25) is 4.79 Å². The van der Waals surface area contributed by atoms with E-state index in [2.05, 4.69) is 15.3 Å². The molecule has 10 heteroatoms. The molecular formula is C20H19ClN4O3S2. The lowest BCUT2D eigenvalue weighted by atomic mass is 10.1. The summed E-state index contributed by atoms with van der Waals surface area (Å²) in [5.41, 5.74) is 8.36. The number of carbonyl (C=O) groups is 1. The first-order valence-electron chi connectivity index (χ1n) is 8.80. The van der Waals surface area contributed by atoms with Crippen molar-refractivity contribution in [3.63, 3.8) is 0 Å². The Morgan fingerprint density at radius 1 is 1.13 bits per heavy atom. The largest absolute Gasteiger partial charge is 0.382 e. The molecule has 0 radical (unpaired) electrons. The third-order valence-electron chi connectivity index (χ3n) is 4.30. The maximum Gasteiger partial charge on any atom is 0.234 e. The number of nitrogen functional groups attached to an aromatic ring is 1. The molecule has 30 heavy (non-hydrogen) atoms. The van der Waals surface area contributed by atoms with Crippen molar-refractivity contribution in [3.8, 4) is 0 Å². The van der Waals surface area contributed by atoms with Gasteiger partial charge >= 0.3 is 0 Å². The minimum absolute atomic E-state index is 0.0331. The van der Waals surface area contributed by atoms with Crippen molar-refractivity contribution in [2.24, 2.45) is 0 Å². The van der Waals surface area contributed by atoms with Crippen LogP contribution in [0.2, 0.25) is 5.02 Å². The molecule has 3 aromatic rings. The van der Waals surface area contributed by atoms with Crippen molar-refractivity contribution >= 4 is 50.6 Å². The number of sulfone groups is 1. The number of nitrogens with zero attached hydrogens (tertiary/aromatic N) is 2. The maximum atomic E-state index is 12.9. The summed E-state index contributed by atoms with van der Waals surface area (Å²) in [5.74, 6) is -0.397. The Morgan fingerprint density at radius 3 is 2.47 bits per heavy atom. The van der Waals surface area contributed by atoms with Crippen LogP contribution in [0.15, 0.2) is 63.6 Å². The van der Waals surface area contributed by atoms with Gasteiger partial charge in [0.15, 0.2) is 5.16 Å². The normalized spacial score (nSPS) is 11.3. The second kappa shape index (κ2) is 9.03. The second-order valence-corrected chi connectivity index (χ2v) is 9.79. The van der Waals surface area contributed by atoms with E-state index in [1.165, 1.54) is 12.3 Å². The minimum Gasteiger partial charge on any atom is -0.382 e. The zero-order valence-electron chi connectivity index (χ0n) is 16.2. The van der Waals surface area contributed by atoms with Crippen molar-refractivity contribution in [2.45, 2.75) is 28.8 Å². The van der Waals surface area contributed by atoms with Crippen molar-refractivity contribution in [3.05, 3.63) is 64.8 Å². The van der Waals surface area contributed by atoms with Gasteiger partial charge in [0.25, 0.3) is 0 Å². The van der Waals surface area contributed by atoms with Crippen LogP contribution in [0.25, 0.3) is 0 Å². The predicted molar refractivity (Wildman–Crippen MR) is 119 cm³/mol. The lowest BCUT2D eigenvalue weighted by Crippen LogP contribution is -2.14. The molecule has 0 aliphatic heterocycles. The fourth-order valence-electron chi connectivity index (χ4n) is 2.51. The molecule has 3 rings (SSSR count). The first-order chi connectivity index (χ1) is 14.2. The number of amides is 1. The smallest absolute Gasteiger partial charge is 0.234 e. The van der Waals surface area contributed by atoms with Crippen LogP contribution in [0.4, 0.5) is 11.5 Å². The van der Waals surface area contributed by atoms with E-state index in [-0.39, 0.29) is 32.4 Å². The number of thioether (sulfide) groups is 1. The van der Waals surface area contributed by atoms with Gasteiger partial charge in [0.1, 0.15) is 10.7 Å². The van der Waals surface area contributed by atoms with Gasteiger partial charge in [-0.2, -0.15) is 0 Å². The van der Waals surface area contributed by atoms with Crippen molar-refractivity contribution in [2.75, 3.05) is 16.8 Å². The average Bonchev–Trinajstić information content (AvgIpc) is 2.70. The highest BCUT2D eigenvalue weighted by Gasteiger charge is 2.23. The number of halogens is 1. The van der Waals surface area contributed by atoms with Crippen molar-refractivity contribution in [1.82, 2.24) is 9.97 Å². The minimum atomic E-state index is -3.85. The fraction of sp³-hybridized carbons (Fsp3) is 0.150. The van der Waals surface area contributed by atoms with Crippen LogP contribution in [-0.4, -0.2) is 30.0 Å². The van der Waals surface area contributed by atoms with Crippen LogP contribution in [0.1, 0.15) is 11.1 Å². The number of carbonyl (C=O) groups excluding carboxylic acids is 1. The number of aromatic nitrogens is 2.